The van der Waals surface area contributed by atoms with E-state index in [1.54, 1.807) is 20.0 Å². The molecule has 2 aliphatic rings. The number of amides is 1. The van der Waals surface area contributed by atoms with E-state index in [2.05, 4.69) is 15.6 Å². The summed E-state index contributed by atoms with van der Waals surface area (Å²) >= 11 is 0. The van der Waals surface area contributed by atoms with Crippen molar-refractivity contribution in [2.75, 3.05) is 7.11 Å². The highest BCUT2D eigenvalue weighted by atomic mass is 19.4. The third-order valence-electron chi connectivity index (χ3n) is 5.55. The molecule has 0 spiro atoms. The van der Waals surface area contributed by atoms with Gasteiger partial charge in [-0.05, 0) is 50.8 Å². The van der Waals surface area contributed by atoms with E-state index in [1.807, 2.05) is 0 Å². The van der Waals surface area contributed by atoms with Crippen LogP contribution in [-0.2, 0) is 10.9 Å². The van der Waals surface area contributed by atoms with Crippen LogP contribution in [-0.4, -0.2) is 40.5 Å². The first kappa shape index (κ1) is 23.5. The number of carbonyl (C=O) groups excluding carboxylic acids is 1. The van der Waals surface area contributed by atoms with Gasteiger partial charge in [-0.15, -0.1) is 0 Å². The summed E-state index contributed by atoms with van der Waals surface area (Å²) in [5.41, 5.74) is -1.31. The number of nitrogens with one attached hydrogen (secondary N) is 3. The first-order valence-corrected chi connectivity index (χ1v) is 9.98. The molecule has 1 fully saturated rings. The van der Waals surface area contributed by atoms with Crippen molar-refractivity contribution in [1.82, 2.24) is 15.6 Å². The topological polar surface area (TPSA) is 107 Å². The average molecular weight is 450 g/mol. The number of pyridine rings is 1. The Bertz CT molecular complexity index is 1000. The van der Waals surface area contributed by atoms with Crippen LogP contribution in [0.3, 0.4) is 0 Å². The number of allylic oxidation sites excluding steroid dienone is 3. The molecule has 0 aromatic carbocycles. The summed E-state index contributed by atoms with van der Waals surface area (Å²) < 4.78 is 44.0. The molecule has 0 unspecified atom stereocenters. The van der Waals surface area contributed by atoms with Crippen molar-refractivity contribution in [2.24, 2.45) is 5.92 Å². The van der Waals surface area contributed by atoms with Crippen LogP contribution in [0.15, 0.2) is 53.7 Å². The molecular formula is C22H25F3N4O3. The van der Waals surface area contributed by atoms with Crippen molar-refractivity contribution in [3.63, 3.8) is 0 Å². The molecule has 1 amide bonds. The SMILES string of the molecule is COC1=CC(=N)/C(=C\NC2CC(C(C)(C)O)C2)C=C1NC(=O)c1cc(C(F)(F)F)ccn1. The van der Waals surface area contributed by atoms with Gasteiger partial charge in [0.05, 0.1) is 29.7 Å². The van der Waals surface area contributed by atoms with Crippen LogP contribution in [0.25, 0.3) is 0 Å². The van der Waals surface area contributed by atoms with Crippen molar-refractivity contribution in [2.45, 2.75) is 44.5 Å². The molecule has 0 atom stereocenters. The molecule has 0 saturated heterocycles. The molecule has 3 rings (SSSR count). The number of ether oxygens (including phenoxy) is 1. The Morgan fingerprint density at radius 3 is 2.59 bits per heavy atom. The molecule has 10 heteroatoms. The first-order valence-electron chi connectivity index (χ1n) is 9.98. The number of aliphatic hydroxyl groups is 1. The van der Waals surface area contributed by atoms with Crippen molar-refractivity contribution in [3.8, 4) is 0 Å². The van der Waals surface area contributed by atoms with E-state index in [-0.39, 0.29) is 29.1 Å². The molecule has 2 aliphatic carbocycles. The third-order valence-corrected chi connectivity index (χ3v) is 5.55. The van der Waals surface area contributed by atoms with Crippen molar-refractivity contribution >= 4 is 11.6 Å². The second-order valence-electron chi connectivity index (χ2n) is 8.35. The molecular weight excluding hydrogens is 425 g/mol. The number of rotatable bonds is 6. The number of hydrogen-bond acceptors (Lipinski definition) is 6. The molecule has 32 heavy (non-hydrogen) atoms. The molecule has 1 aromatic heterocycles. The Balaban J connectivity index is 1.73. The van der Waals surface area contributed by atoms with Gasteiger partial charge in [-0.25, -0.2) is 0 Å². The zero-order chi connectivity index (χ0) is 23.7. The number of nitrogens with zero attached hydrogens (tertiary/aromatic N) is 1. The zero-order valence-corrected chi connectivity index (χ0v) is 17.9. The van der Waals surface area contributed by atoms with Gasteiger partial charge in [0, 0.05) is 30.1 Å². The largest absolute Gasteiger partial charge is 0.494 e. The highest BCUT2D eigenvalue weighted by Crippen LogP contribution is 2.36. The highest BCUT2D eigenvalue weighted by Gasteiger charge is 2.38. The number of methoxy groups -OCH3 is 1. The lowest BCUT2D eigenvalue weighted by Gasteiger charge is -2.42. The van der Waals surface area contributed by atoms with Crippen LogP contribution >= 0.6 is 0 Å². The lowest BCUT2D eigenvalue weighted by Crippen LogP contribution is -2.48. The van der Waals surface area contributed by atoms with Gasteiger partial charge in [0.15, 0.2) is 0 Å². The van der Waals surface area contributed by atoms with Crippen LogP contribution < -0.4 is 10.6 Å². The van der Waals surface area contributed by atoms with E-state index in [9.17, 15) is 23.1 Å². The number of hydrogen-bond donors (Lipinski definition) is 4. The minimum absolute atomic E-state index is 0.142. The fourth-order valence-corrected chi connectivity index (χ4v) is 3.44. The van der Waals surface area contributed by atoms with Crippen molar-refractivity contribution in [1.29, 1.82) is 5.41 Å². The Morgan fingerprint density at radius 2 is 2.00 bits per heavy atom. The number of alkyl halides is 3. The van der Waals surface area contributed by atoms with Gasteiger partial charge >= 0.3 is 6.18 Å². The van der Waals surface area contributed by atoms with Gasteiger partial charge in [-0.2, -0.15) is 13.2 Å². The van der Waals surface area contributed by atoms with Gasteiger partial charge in [0.2, 0.25) is 0 Å². The van der Waals surface area contributed by atoms with E-state index in [4.69, 9.17) is 10.1 Å². The van der Waals surface area contributed by atoms with Crippen LogP contribution in [0.2, 0.25) is 0 Å². The predicted molar refractivity (Wildman–Crippen MR) is 112 cm³/mol. The van der Waals surface area contributed by atoms with E-state index in [1.165, 1.54) is 19.3 Å². The zero-order valence-electron chi connectivity index (χ0n) is 17.9. The third kappa shape index (κ3) is 5.37. The Labute approximate surface area is 183 Å². The summed E-state index contributed by atoms with van der Waals surface area (Å²) in [5.74, 6) is -0.453. The molecule has 7 nitrogen and oxygen atoms in total. The molecule has 4 N–H and O–H groups in total. The van der Waals surface area contributed by atoms with Crippen LogP contribution in [0, 0.1) is 11.3 Å². The average Bonchev–Trinajstić information content (AvgIpc) is 2.67. The fourth-order valence-electron chi connectivity index (χ4n) is 3.44. The monoisotopic (exact) mass is 450 g/mol. The lowest BCUT2D eigenvalue weighted by molar-refractivity contribution is -0.137. The maximum absolute atomic E-state index is 12.9. The minimum Gasteiger partial charge on any atom is -0.494 e. The summed E-state index contributed by atoms with van der Waals surface area (Å²) in [6.45, 7) is 3.55. The number of carbonyl (C=O) groups is 1. The quantitative estimate of drug-likeness (QED) is 0.532. The maximum atomic E-state index is 12.9. The number of aromatic nitrogens is 1. The van der Waals surface area contributed by atoms with E-state index in [0.29, 0.717) is 11.6 Å². The predicted octanol–water partition coefficient (Wildman–Crippen LogP) is 3.30. The normalized spacial score (nSPS) is 22.6. The summed E-state index contributed by atoms with van der Waals surface area (Å²) in [7, 11) is 1.36. The molecule has 0 radical (unpaired) electrons. The highest BCUT2D eigenvalue weighted by molar-refractivity contribution is 6.10. The molecule has 1 heterocycles. The molecule has 0 bridgehead atoms. The van der Waals surface area contributed by atoms with Crippen molar-refractivity contribution in [3.05, 3.63) is 65.0 Å². The van der Waals surface area contributed by atoms with Gasteiger partial charge < -0.3 is 25.9 Å². The Kier molecular flexibility index (Phi) is 6.45. The minimum atomic E-state index is -4.60. The van der Waals surface area contributed by atoms with E-state index < -0.39 is 28.9 Å². The lowest BCUT2D eigenvalue weighted by atomic mass is 9.71. The van der Waals surface area contributed by atoms with Crippen LogP contribution in [0.1, 0.15) is 42.7 Å². The van der Waals surface area contributed by atoms with Crippen LogP contribution in [0.5, 0.6) is 0 Å². The summed E-state index contributed by atoms with van der Waals surface area (Å²) in [6.07, 6.45) is 2.45. The standard InChI is InChI=1S/C22H25F3N4O3/c1-21(2,31)14-7-15(8-14)28-11-12-6-17(19(32-3)10-16(12)26)29-20(30)18-9-13(4-5-27-18)22(23,24)25/h4-6,9-11,14-15,26,28,31H,7-8H2,1-3H3,(H,29,30)/b12-11-,26-16?. The maximum Gasteiger partial charge on any atom is 0.416 e. The van der Waals surface area contributed by atoms with Crippen LogP contribution in [0.4, 0.5) is 13.2 Å². The summed E-state index contributed by atoms with van der Waals surface area (Å²) in [5, 5.41) is 23.9. The van der Waals surface area contributed by atoms with Gasteiger partial charge in [0.1, 0.15) is 11.5 Å². The Hall–Kier alpha value is -3.14. The summed E-state index contributed by atoms with van der Waals surface area (Å²) in [4.78, 5) is 16.2. The van der Waals surface area contributed by atoms with Crippen molar-refractivity contribution < 1.29 is 27.8 Å². The van der Waals surface area contributed by atoms with E-state index in [0.717, 1.165) is 25.1 Å². The van der Waals surface area contributed by atoms with Gasteiger partial charge in [-0.3, -0.25) is 9.78 Å². The second-order valence-corrected chi connectivity index (χ2v) is 8.35. The first-order chi connectivity index (χ1) is 14.9. The Morgan fingerprint density at radius 1 is 1.31 bits per heavy atom. The second kappa shape index (κ2) is 8.78. The summed E-state index contributed by atoms with van der Waals surface area (Å²) in [6, 6.07) is 1.61. The fraction of sp³-hybridized carbons (Fsp3) is 0.409. The van der Waals surface area contributed by atoms with Gasteiger partial charge in [-0.1, -0.05) is 0 Å². The molecule has 0 aliphatic heterocycles. The van der Waals surface area contributed by atoms with E-state index >= 15 is 0 Å². The molecule has 1 aromatic rings. The number of halogens is 3. The molecule has 1 saturated carbocycles. The molecule has 172 valence electrons. The van der Waals surface area contributed by atoms with Gasteiger partial charge in [0.25, 0.3) is 5.91 Å². The smallest absolute Gasteiger partial charge is 0.416 e.